The second kappa shape index (κ2) is 13.2. The van der Waals surface area contributed by atoms with E-state index in [-0.39, 0.29) is 0 Å². The summed E-state index contributed by atoms with van der Waals surface area (Å²) in [5.74, 6) is 0. The minimum Gasteiger partial charge on any atom is -0.0839 e. The molecule has 1 rings (SSSR count). The molecule has 0 aliphatic rings. The van der Waals surface area contributed by atoms with Crippen molar-refractivity contribution in [3.05, 3.63) is 53.6 Å². The van der Waals surface area contributed by atoms with E-state index in [1.807, 2.05) is 0 Å². The SMILES string of the molecule is CCCCCC/C=C(/C=C/CCCCCC)c1ccc(C)cc1. The number of benzene rings is 1. The quantitative estimate of drug-likeness (QED) is 0.272. The van der Waals surface area contributed by atoms with Crippen molar-refractivity contribution in [2.75, 3.05) is 0 Å². The summed E-state index contributed by atoms with van der Waals surface area (Å²) in [6.45, 7) is 6.70. The van der Waals surface area contributed by atoms with E-state index in [1.54, 1.807) is 0 Å². The number of unbranched alkanes of at least 4 members (excludes halogenated alkanes) is 8. The van der Waals surface area contributed by atoms with E-state index in [9.17, 15) is 0 Å². The molecule has 0 aliphatic heterocycles. The van der Waals surface area contributed by atoms with E-state index < -0.39 is 0 Å². The molecule has 0 aliphatic carbocycles. The highest BCUT2D eigenvalue weighted by Crippen LogP contribution is 2.19. The summed E-state index contributed by atoms with van der Waals surface area (Å²) in [6, 6.07) is 8.95. The molecule has 0 nitrogen and oxygen atoms in total. The molecule has 0 atom stereocenters. The number of hydrogen-bond acceptors (Lipinski definition) is 0. The molecule has 0 aromatic heterocycles. The van der Waals surface area contributed by atoms with Crippen molar-refractivity contribution in [2.45, 2.75) is 85.0 Å². The minimum absolute atomic E-state index is 1.20. The van der Waals surface area contributed by atoms with Crippen LogP contribution in [0.2, 0.25) is 0 Å². The summed E-state index contributed by atoms with van der Waals surface area (Å²) < 4.78 is 0. The monoisotopic (exact) mass is 312 g/mol. The van der Waals surface area contributed by atoms with Crippen molar-refractivity contribution in [2.24, 2.45) is 0 Å². The largest absolute Gasteiger partial charge is 0.0839 e. The Kier molecular flexibility index (Phi) is 11.3. The fourth-order valence-corrected chi connectivity index (χ4v) is 2.76. The third kappa shape index (κ3) is 9.43. The van der Waals surface area contributed by atoms with Gasteiger partial charge < -0.3 is 0 Å². The Labute approximate surface area is 144 Å². The molecular weight excluding hydrogens is 276 g/mol. The molecule has 1 aromatic rings. The summed E-state index contributed by atoms with van der Waals surface area (Å²) >= 11 is 0. The van der Waals surface area contributed by atoms with Crippen LogP contribution in [-0.2, 0) is 0 Å². The fraction of sp³-hybridized carbons (Fsp3) is 0.565. The lowest BCUT2D eigenvalue weighted by molar-refractivity contribution is 0.674. The van der Waals surface area contributed by atoms with Gasteiger partial charge in [-0.15, -0.1) is 0 Å². The first-order valence-electron chi connectivity index (χ1n) is 9.71. The average Bonchev–Trinajstić information content (AvgIpc) is 2.57. The van der Waals surface area contributed by atoms with Gasteiger partial charge >= 0.3 is 0 Å². The van der Waals surface area contributed by atoms with E-state index in [0.717, 1.165) is 0 Å². The van der Waals surface area contributed by atoms with Crippen LogP contribution in [0.5, 0.6) is 0 Å². The smallest absolute Gasteiger partial charge is 0.0187 e. The Morgan fingerprint density at radius 3 is 2.00 bits per heavy atom. The second-order valence-corrected chi connectivity index (χ2v) is 6.63. The van der Waals surface area contributed by atoms with Crippen LogP contribution in [0.25, 0.3) is 5.57 Å². The Morgan fingerprint density at radius 1 is 0.783 bits per heavy atom. The third-order valence-corrected chi connectivity index (χ3v) is 4.33. The first-order valence-corrected chi connectivity index (χ1v) is 9.71. The van der Waals surface area contributed by atoms with Gasteiger partial charge in [-0.05, 0) is 43.7 Å². The van der Waals surface area contributed by atoms with Gasteiger partial charge in [0.05, 0.1) is 0 Å². The van der Waals surface area contributed by atoms with E-state index in [4.69, 9.17) is 0 Å². The molecule has 1 aromatic carbocycles. The second-order valence-electron chi connectivity index (χ2n) is 6.63. The Bertz CT molecular complexity index is 447. The maximum absolute atomic E-state index is 2.43. The maximum atomic E-state index is 2.43. The lowest BCUT2D eigenvalue weighted by atomic mass is 10.0. The molecule has 0 saturated carbocycles. The van der Waals surface area contributed by atoms with Gasteiger partial charge in [-0.3, -0.25) is 0 Å². The highest BCUT2D eigenvalue weighted by molar-refractivity contribution is 5.74. The van der Waals surface area contributed by atoms with Gasteiger partial charge in [0.2, 0.25) is 0 Å². The van der Waals surface area contributed by atoms with Crippen LogP contribution in [0, 0.1) is 6.92 Å². The lowest BCUT2D eigenvalue weighted by Gasteiger charge is -2.05. The van der Waals surface area contributed by atoms with E-state index >= 15 is 0 Å². The number of hydrogen-bond donors (Lipinski definition) is 0. The summed E-state index contributed by atoms with van der Waals surface area (Å²) in [4.78, 5) is 0. The van der Waals surface area contributed by atoms with Crippen molar-refractivity contribution >= 4 is 5.57 Å². The molecule has 0 spiro atoms. The van der Waals surface area contributed by atoms with Crippen molar-refractivity contribution in [3.63, 3.8) is 0 Å². The van der Waals surface area contributed by atoms with E-state index in [0.29, 0.717) is 0 Å². The van der Waals surface area contributed by atoms with Crippen LogP contribution in [0.15, 0.2) is 42.5 Å². The van der Waals surface area contributed by atoms with Crippen LogP contribution >= 0.6 is 0 Å². The topological polar surface area (TPSA) is 0 Å². The van der Waals surface area contributed by atoms with Gasteiger partial charge in [0, 0.05) is 0 Å². The predicted molar refractivity (Wildman–Crippen MR) is 106 cm³/mol. The standard InChI is InChI=1S/C23H36/c1-4-6-8-10-12-14-16-22(15-13-11-9-7-5-2)23-19-17-21(3)18-20-23/h14-20H,4-13H2,1-3H3/b16-14+,22-15-. The molecule has 0 saturated heterocycles. The Balaban J connectivity index is 2.59. The number of rotatable bonds is 12. The number of aryl methyl sites for hydroxylation is 1. The van der Waals surface area contributed by atoms with Crippen LogP contribution in [-0.4, -0.2) is 0 Å². The van der Waals surface area contributed by atoms with Gasteiger partial charge in [-0.1, -0.05) is 100 Å². The van der Waals surface area contributed by atoms with Crippen molar-refractivity contribution < 1.29 is 0 Å². The van der Waals surface area contributed by atoms with Crippen LogP contribution < -0.4 is 0 Å². The van der Waals surface area contributed by atoms with Crippen molar-refractivity contribution in [3.8, 4) is 0 Å². The van der Waals surface area contributed by atoms with Crippen molar-refractivity contribution in [1.82, 2.24) is 0 Å². The van der Waals surface area contributed by atoms with Crippen LogP contribution in [0.3, 0.4) is 0 Å². The zero-order chi connectivity index (χ0) is 16.8. The van der Waals surface area contributed by atoms with Gasteiger partial charge in [0.1, 0.15) is 0 Å². The molecule has 0 bridgehead atoms. The zero-order valence-corrected chi connectivity index (χ0v) is 15.6. The zero-order valence-electron chi connectivity index (χ0n) is 15.6. The molecule has 0 heterocycles. The Morgan fingerprint density at radius 2 is 1.39 bits per heavy atom. The first-order chi connectivity index (χ1) is 11.3. The van der Waals surface area contributed by atoms with Gasteiger partial charge in [0.15, 0.2) is 0 Å². The molecule has 23 heavy (non-hydrogen) atoms. The van der Waals surface area contributed by atoms with Gasteiger partial charge in [0.25, 0.3) is 0 Å². The molecule has 0 radical (unpaired) electrons. The molecular formula is C23H36. The molecule has 0 fully saturated rings. The first kappa shape index (κ1) is 19.7. The summed E-state index contributed by atoms with van der Waals surface area (Å²) in [6.07, 6.45) is 20.3. The third-order valence-electron chi connectivity index (χ3n) is 4.33. The van der Waals surface area contributed by atoms with Crippen LogP contribution in [0.1, 0.15) is 89.2 Å². The van der Waals surface area contributed by atoms with Gasteiger partial charge in [-0.25, -0.2) is 0 Å². The normalized spacial score (nSPS) is 12.2. The number of allylic oxidation sites excluding steroid dienone is 4. The predicted octanol–water partition coefficient (Wildman–Crippen LogP) is 7.88. The molecule has 128 valence electrons. The minimum atomic E-state index is 1.20. The molecule has 0 N–H and O–H groups in total. The average molecular weight is 313 g/mol. The van der Waals surface area contributed by atoms with Crippen molar-refractivity contribution in [1.29, 1.82) is 0 Å². The van der Waals surface area contributed by atoms with Crippen LogP contribution in [0.4, 0.5) is 0 Å². The molecule has 0 unspecified atom stereocenters. The molecule has 0 heteroatoms. The summed E-state index contributed by atoms with van der Waals surface area (Å²) in [7, 11) is 0. The van der Waals surface area contributed by atoms with E-state index in [2.05, 4.69) is 63.3 Å². The van der Waals surface area contributed by atoms with Gasteiger partial charge in [-0.2, -0.15) is 0 Å². The fourth-order valence-electron chi connectivity index (χ4n) is 2.76. The highest BCUT2D eigenvalue weighted by Gasteiger charge is 1.98. The van der Waals surface area contributed by atoms with E-state index in [1.165, 1.54) is 80.9 Å². The summed E-state index contributed by atoms with van der Waals surface area (Å²) in [5.41, 5.74) is 4.09. The summed E-state index contributed by atoms with van der Waals surface area (Å²) in [5, 5.41) is 0. The lowest BCUT2D eigenvalue weighted by Crippen LogP contribution is -1.84. The maximum Gasteiger partial charge on any atom is -0.0187 e. The Hall–Kier alpha value is -1.30. The molecule has 0 amide bonds. The highest BCUT2D eigenvalue weighted by atomic mass is 14.0.